The molecular weight excluding hydrogens is 360 g/mol. The van der Waals surface area contributed by atoms with Crippen LogP contribution in [0.3, 0.4) is 0 Å². The van der Waals surface area contributed by atoms with Gasteiger partial charge >= 0.3 is 8.56 Å². The first-order valence-electron chi connectivity index (χ1n) is 9.62. The highest BCUT2D eigenvalue weighted by atomic mass is 28.4. The maximum absolute atomic E-state index is 6.35. The molecule has 2 fully saturated rings. The second-order valence-electron chi connectivity index (χ2n) is 8.21. The predicted octanol–water partition coefficient (Wildman–Crippen LogP) is 3.92. The van der Waals surface area contributed by atoms with Gasteiger partial charge in [-0.15, -0.1) is 6.58 Å². The van der Waals surface area contributed by atoms with Crippen LogP contribution in [0.4, 0.5) is 0 Å². The number of ether oxygens (including phenoxy) is 3. The Labute approximate surface area is 163 Å². The minimum atomic E-state index is -2.09. The van der Waals surface area contributed by atoms with E-state index in [0.29, 0.717) is 19.8 Å². The third-order valence-electron chi connectivity index (χ3n) is 5.50. The normalized spacial score (nSPS) is 33.3. The van der Waals surface area contributed by atoms with Gasteiger partial charge in [-0.1, -0.05) is 25.1 Å². The zero-order valence-electron chi connectivity index (χ0n) is 17.1. The lowest BCUT2D eigenvalue weighted by atomic mass is 9.86. The van der Waals surface area contributed by atoms with E-state index in [0.717, 1.165) is 11.3 Å². The zero-order valence-corrected chi connectivity index (χ0v) is 18.1. The fourth-order valence-corrected chi connectivity index (χ4v) is 5.55. The van der Waals surface area contributed by atoms with Gasteiger partial charge in [0.2, 0.25) is 0 Å². The lowest BCUT2D eigenvalue weighted by molar-refractivity contribution is -0.0209. The fourth-order valence-electron chi connectivity index (χ4n) is 3.87. The van der Waals surface area contributed by atoms with Crippen LogP contribution in [-0.4, -0.2) is 46.7 Å². The Morgan fingerprint density at radius 1 is 1.33 bits per heavy atom. The first-order chi connectivity index (χ1) is 12.8. The number of hydrogen-bond acceptors (Lipinski definition) is 5. The summed E-state index contributed by atoms with van der Waals surface area (Å²) in [5.41, 5.74) is 0.838. The van der Waals surface area contributed by atoms with Gasteiger partial charge in [-0.25, -0.2) is 0 Å². The molecule has 27 heavy (non-hydrogen) atoms. The minimum Gasteiger partial charge on any atom is -0.497 e. The zero-order chi connectivity index (χ0) is 19.7. The highest BCUT2D eigenvalue weighted by Gasteiger charge is 2.63. The Morgan fingerprint density at radius 2 is 2.04 bits per heavy atom. The van der Waals surface area contributed by atoms with Crippen LogP contribution in [0.15, 0.2) is 36.9 Å². The van der Waals surface area contributed by atoms with Crippen LogP contribution in [0.1, 0.15) is 19.4 Å². The van der Waals surface area contributed by atoms with Crippen molar-refractivity contribution >= 4 is 8.56 Å². The summed E-state index contributed by atoms with van der Waals surface area (Å²) in [6, 6.07) is 7.95. The van der Waals surface area contributed by atoms with Crippen LogP contribution in [0, 0.1) is 11.8 Å². The molecule has 0 spiro atoms. The van der Waals surface area contributed by atoms with E-state index < -0.39 is 8.56 Å². The highest BCUT2D eigenvalue weighted by Crippen LogP contribution is 2.49. The van der Waals surface area contributed by atoms with Gasteiger partial charge in [0.25, 0.3) is 0 Å². The van der Waals surface area contributed by atoms with Crippen molar-refractivity contribution in [2.24, 2.45) is 11.8 Å². The molecule has 0 amide bonds. The van der Waals surface area contributed by atoms with Gasteiger partial charge in [0, 0.05) is 18.4 Å². The summed E-state index contributed by atoms with van der Waals surface area (Å²) in [5, 5.41) is 0. The van der Waals surface area contributed by atoms with Crippen molar-refractivity contribution in [3.05, 3.63) is 42.5 Å². The summed E-state index contributed by atoms with van der Waals surface area (Å²) < 4.78 is 29.5. The quantitative estimate of drug-likeness (QED) is 0.381. The first kappa shape index (κ1) is 20.5. The molecule has 0 saturated carbocycles. The molecule has 2 saturated heterocycles. The van der Waals surface area contributed by atoms with Crippen molar-refractivity contribution in [3.63, 3.8) is 0 Å². The van der Waals surface area contributed by atoms with Gasteiger partial charge in [-0.05, 0) is 37.7 Å². The third kappa shape index (κ3) is 4.63. The average Bonchev–Trinajstić information content (AvgIpc) is 3.35. The Morgan fingerprint density at radius 3 is 2.67 bits per heavy atom. The van der Waals surface area contributed by atoms with Gasteiger partial charge in [0.1, 0.15) is 11.4 Å². The summed E-state index contributed by atoms with van der Waals surface area (Å²) in [6.45, 7) is 14.3. The molecule has 6 heteroatoms. The minimum absolute atomic E-state index is 0.000505. The van der Waals surface area contributed by atoms with Crippen molar-refractivity contribution in [2.75, 3.05) is 20.3 Å². The average molecular weight is 393 g/mol. The number of methoxy groups -OCH3 is 1. The summed E-state index contributed by atoms with van der Waals surface area (Å²) in [6.07, 6.45) is 2.06. The van der Waals surface area contributed by atoms with Crippen molar-refractivity contribution < 1.29 is 23.1 Å². The van der Waals surface area contributed by atoms with Crippen molar-refractivity contribution in [2.45, 2.75) is 51.4 Å². The molecule has 5 atom stereocenters. The molecule has 3 rings (SSSR count). The van der Waals surface area contributed by atoms with E-state index in [1.54, 1.807) is 7.11 Å². The van der Waals surface area contributed by atoms with E-state index in [2.05, 4.69) is 33.5 Å². The molecule has 1 aromatic carbocycles. The lowest BCUT2D eigenvalue weighted by Gasteiger charge is -2.41. The van der Waals surface area contributed by atoms with Gasteiger partial charge in [-0.2, -0.15) is 0 Å². The van der Waals surface area contributed by atoms with Gasteiger partial charge in [-0.3, -0.25) is 0 Å². The maximum Gasteiger partial charge on any atom is 0.332 e. The molecule has 0 aromatic heterocycles. The molecule has 2 heterocycles. The Bertz CT molecular complexity index is 646. The van der Waals surface area contributed by atoms with Crippen LogP contribution in [-0.2, 0) is 24.9 Å². The highest BCUT2D eigenvalue weighted by molar-refractivity contribution is 6.64. The van der Waals surface area contributed by atoms with E-state index in [9.17, 15) is 0 Å². The van der Waals surface area contributed by atoms with Gasteiger partial charge < -0.3 is 23.1 Å². The van der Waals surface area contributed by atoms with E-state index in [1.165, 1.54) is 0 Å². The Balaban J connectivity index is 1.52. The molecule has 5 nitrogen and oxygen atoms in total. The summed E-state index contributed by atoms with van der Waals surface area (Å²) in [7, 11) is -0.423. The summed E-state index contributed by atoms with van der Waals surface area (Å²) in [4.78, 5) is 0. The van der Waals surface area contributed by atoms with Crippen LogP contribution in [0.25, 0.3) is 0 Å². The first-order valence-corrected chi connectivity index (χ1v) is 12.4. The number of rotatable bonds is 8. The molecule has 0 aliphatic carbocycles. The molecule has 0 N–H and O–H groups in total. The van der Waals surface area contributed by atoms with Crippen LogP contribution >= 0.6 is 0 Å². The van der Waals surface area contributed by atoms with Crippen molar-refractivity contribution in [1.82, 2.24) is 0 Å². The third-order valence-corrected chi connectivity index (χ3v) is 7.19. The fraction of sp³-hybridized carbons (Fsp3) is 0.619. The number of hydrogen-bond donors (Lipinski definition) is 0. The van der Waals surface area contributed by atoms with E-state index in [-0.39, 0.29) is 29.6 Å². The largest absolute Gasteiger partial charge is 0.497 e. The topological polar surface area (TPSA) is 49.5 Å². The van der Waals surface area contributed by atoms with Crippen molar-refractivity contribution in [1.29, 1.82) is 0 Å². The second kappa shape index (κ2) is 8.05. The Kier molecular flexibility index (Phi) is 6.13. The molecule has 2 aliphatic rings. The summed E-state index contributed by atoms with van der Waals surface area (Å²) >= 11 is 0. The van der Waals surface area contributed by atoms with Gasteiger partial charge in [0.05, 0.1) is 32.5 Å². The standard InChI is InChI=1S/C21H32O5Si/c1-7-17-14-24-27(5,6)26-20(17)21(3)19(25-21)15(2)12-23-13-16-8-10-18(22-4)11-9-16/h7-11,15,17,19-20H,1,12-14H2,2-6H3/t15-,17-,19+,20-,21-/m0/s1. The number of epoxide rings is 1. The van der Waals surface area contributed by atoms with E-state index >= 15 is 0 Å². The van der Waals surface area contributed by atoms with Crippen LogP contribution in [0.2, 0.25) is 13.1 Å². The molecule has 1 aromatic rings. The SMILES string of the molecule is C=C[C@H]1CO[Si](C)(C)O[C@@H]1[C@@]1(C)O[C@@H]1[C@@H](C)COCc1ccc(OC)cc1. The molecule has 2 aliphatic heterocycles. The summed E-state index contributed by atoms with van der Waals surface area (Å²) in [5.74, 6) is 1.30. The number of benzene rings is 1. The van der Waals surface area contributed by atoms with Gasteiger partial charge in [0.15, 0.2) is 0 Å². The predicted molar refractivity (Wildman–Crippen MR) is 107 cm³/mol. The maximum atomic E-state index is 6.35. The van der Waals surface area contributed by atoms with Crippen molar-refractivity contribution in [3.8, 4) is 5.75 Å². The van der Waals surface area contributed by atoms with E-state index in [4.69, 9.17) is 23.1 Å². The lowest BCUT2D eigenvalue weighted by Crippen LogP contribution is -2.54. The molecule has 0 radical (unpaired) electrons. The van der Waals surface area contributed by atoms with Crippen LogP contribution < -0.4 is 4.74 Å². The molecule has 0 unspecified atom stereocenters. The van der Waals surface area contributed by atoms with Crippen LogP contribution in [0.5, 0.6) is 5.75 Å². The smallest absolute Gasteiger partial charge is 0.332 e. The Hall–Kier alpha value is -1.18. The molecular formula is C21H32O5Si. The monoisotopic (exact) mass is 392 g/mol. The molecule has 0 bridgehead atoms. The molecule has 150 valence electrons. The van der Waals surface area contributed by atoms with E-state index in [1.807, 2.05) is 30.3 Å². The second-order valence-corrected chi connectivity index (χ2v) is 11.5.